The lowest BCUT2D eigenvalue weighted by molar-refractivity contribution is 0.0702. The maximum absolute atomic E-state index is 12.8. The van der Waals surface area contributed by atoms with Crippen molar-refractivity contribution in [3.8, 4) is 0 Å². The fourth-order valence-corrected chi connectivity index (χ4v) is 3.69. The van der Waals surface area contributed by atoms with Crippen LogP contribution in [0.25, 0.3) is 0 Å². The second-order valence-electron chi connectivity index (χ2n) is 5.53. The van der Waals surface area contributed by atoms with E-state index in [2.05, 4.69) is 13.0 Å². The van der Waals surface area contributed by atoms with Crippen molar-refractivity contribution in [2.24, 2.45) is 0 Å². The molecule has 5 heteroatoms. The molecule has 1 N–H and O–H groups in total. The van der Waals surface area contributed by atoms with E-state index in [4.69, 9.17) is 5.11 Å². The molecule has 4 nitrogen and oxygen atoms in total. The minimum Gasteiger partial charge on any atom is -0.477 e. The van der Waals surface area contributed by atoms with Gasteiger partial charge in [-0.05, 0) is 42.5 Å². The Morgan fingerprint density at radius 1 is 1.18 bits per heavy atom. The molecular formula is C17H17NO3S. The second-order valence-corrected chi connectivity index (χ2v) is 6.61. The normalized spacial score (nSPS) is 17.7. The van der Waals surface area contributed by atoms with Crippen molar-refractivity contribution >= 4 is 28.9 Å². The molecule has 1 amide bonds. The third-order valence-corrected chi connectivity index (χ3v) is 5.11. The molecule has 22 heavy (non-hydrogen) atoms. The van der Waals surface area contributed by atoms with E-state index < -0.39 is 5.97 Å². The highest BCUT2D eigenvalue weighted by Crippen LogP contribution is 2.35. The average molecular weight is 315 g/mol. The number of carboxylic acid groups (broad SMARTS) is 1. The maximum Gasteiger partial charge on any atom is 0.345 e. The number of benzene rings is 1. The summed E-state index contributed by atoms with van der Waals surface area (Å²) in [5, 5.41) is 9.01. The summed E-state index contributed by atoms with van der Waals surface area (Å²) in [5.74, 6) is -0.681. The lowest BCUT2D eigenvalue weighted by Gasteiger charge is -2.23. The second kappa shape index (κ2) is 5.93. The molecule has 1 aliphatic rings. The number of para-hydroxylation sites is 1. The first kappa shape index (κ1) is 14.8. The number of hydrogen-bond acceptors (Lipinski definition) is 3. The number of carbonyl (C=O) groups is 2. The van der Waals surface area contributed by atoms with Gasteiger partial charge in [-0.3, -0.25) is 4.79 Å². The van der Waals surface area contributed by atoms with Crippen molar-refractivity contribution in [1.29, 1.82) is 0 Å². The molecule has 0 fully saturated rings. The molecule has 0 bridgehead atoms. The van der Waals surface area contributed by atoms with Gasteiger partial charge in [0, 0.05) is 12.2 Å². The highest BCUT2D eigenvalue weighted by atomic mass is 32.1. The number of carboxylic acids is 1. The topological polar surface area (TPSA) is 57.6 Å². The number of amides is 1. The lowest BCUT2D eigenvalue weighted by atomic mass is 9.96. The van der Waals surface area contributed by atoms with Crippen molar-refractivity contribution in [2.45, 2.75) is 25.7 Å². The Bertz CT molecular complexity index is 722. The van der Waals surface area contributed by atoms with Gasteiger partial charge in [0.2, 0.25) is 0 Å². The van der Waals surface area contributed by atoms with Crippen LogP contribution in [0.4, 0.5) is 5.69 Å². The van der Waals surface area contributed by atoms with Gasteiger partial charge in [0.15, 0.2) is 0 Å². The SMILES string of the molecule is CC1CCCN(C(=O)c2ccc(C(=O)O)s2)c2ccccc21. The van der Waals surface area contributed by atoms with Gasteiger partial charge < -0.3 is 10.0 Å². The molecule has 1 aliphatic heterocycles. The van der Waals surface area contributed by atoms with Crippen molar-refractivity contribution < 1.29 is 14.7 Å². The largest absolute Gasteiger partial charge is 0.477 e. The minimum absolute atomic E-state index is 0.112. The molecule has 1 unspecified atom stereocenters. The van der Waals surface area contributed by atoms with Crippen LogP contribution in [0.5, 0.6) is 0 Å². The molecule has 1 atom stereocenters. The van der Waals surface area contributed by atoms with E-state index in [-0.39, 0.29) is 10.8 Å². The Hall–Kier alpha value is -2.14. The molecule has 0 radical (unpaired) electrons. The number of anilines is 1. The zero-order chi connectivity index (χ0) is 15.7. The van der Waals surface area contributed by atoms with Gasteiger partial charge in [-0.15, -0.1) is 11.3 Å². The van der Waals surface area contributed by atoms with Gasteiger partial charge >= 0.3 is 5.97 Å². The molecule has 0 spiro atoms. The first-order valence-corrected chi connectivity index (χ1v) is 8.13. The smallest absolute Gasteiger partial charge is 0.345 e. The predicted octanol–water partition coefficient (Wildman–Crippen LogP) is 3.99. The first-order chi connectivity index (χ1) is 10.6. The zero-order valence-electron chi connectivity index (χ0n) is 12.3. The number of rotatable bonds is 2. The van der Waals surface area contributed by atoms with E-state index in [0.29, 0.717) is 17.3 Å². The standard InChI is InChI=1S/C17H17NO3S/c1-11-5-4-10-18(13-7-3-2-6-12(11)13)16(19)14-8-9-15(22-14)17(20)21/h2-3,6-9,11H,4-5,10H2,1H3,(H,20,21). The Labute approximate surface area is 133 Å². The van der Waals surface area contributed by atoms with Gasteiger partial charge in [-0.25, -0.2) is 4.79 Å². The number of carbonyl (C=O) groups excluding carboxylic acids is 1. The molecular weight excluding hydrogens is 298 g/mol. The van der Waals surface area contributed by atoms with Crippen LogP contribution in [-0.4, -0.2) is 23.5 Å². The quantitative estimate of drug-likeness (QED) is 0.911. The minimum atomic E-state index is -0.992. The Kier molecular flexibility index (Phi) is 3.98. The van der Waals surface area contributed by atoms with Crippen LogP contribution >= 0.6 is 11.3 Å². The summed E-state index contributed by atoms with van der Waals surface area (Å²) in [6.07, 6.45) is 1.99. The van der Waals surface area contributed by atoms with E-state index in [1.54, 1.807) is 11.0 Å². The van der Waals surface area contributed by atoms with Crippen molar-refractivity contribution in [3.63, 3.8) is 0 Å². The van der Waals surface area contributed by atoms with Gasteiger partial charge in [-0.1, -0.05) is 25.1 Å². The number of thiophene rings is 1. The van der Waals surface area contributed by atoms with Gasteiger partial charge in [0.25, 0.3) is 5.91 Å². The summed E-state index contributed by atoms with van der Waals surface area (Å²) in [6.45, 7) is 2.85. The van der Waals surface area contributed by atoms with E-state index in [9.17, 15) is 9.59 Å². The van der Waals surface area contributed by atoms with Crippen molar-refractivity contribution in [2.75, 3.05) is 11.4 Å². The van der Waals surface area contributed by atoms with Crippen LogP contribution in [0.3, 0.4) is 0 Å². The van der Waals surface area contributed by atoms with Crippen molar-refractivity contribution in [1.82, 2.24) is 0 Å². The summed E-state index contributed by atoms with van der Waals surface area (Å²) in [5.41, 5.74) is 2.13. The molecule has 0 aliphatic carbocycles. The summed E-state index contributed by atoms with van der Waals surface area (Å²) in [4.78, 5) is 26.3. The molecule has 2 aromatic rings. The zero-order valence-corrected chi connectivity index (χ0v) is 13.1. The molecule has 2 heterocycles. The molecule has 3 rings (SSSR count). The third-order valence-electron chi connectivity index (χ3n) is 4.05. The fourth-order valence-electron chi connectivity index (χ4n) is 2.89. The highest BCUT2D eigenvalue weighted by Gasteiger charge is 2.26. The van der Waals surface area contributed by atoms with E-state index >= 15 is 0 Å². The molecule has 0 saturated carbocycles. The van der Waals surface area contributed by atoms with Crippen LogP contribution in [0.15, 0.2) is 36.4 Å². The molecule has 0 saturated heterocycles. The van der Waals surface area contributed by atoms with Gasteiger partial charge in [0.05, 0.1) is 4.88 Å². The van der Waals surface area contributed by atoms with Crippen molar-refractivity contribution in [3.05, 3.63) is 51.7 Å². The summed E-state index contributed by atoms with van der Waals surface area (Å²) < 4.78 is 0. The van der Waals surface area contributed by atoms with Crippen LogP contribution in [0.2, 0.25) is 0 Å². The van der Waals surface area contributed by atoms with Crippen LogP contribution in [0.1, 0.15) is 50.6 Å². The predicted molar refractivity (Wildman–Crippen MR) is 87.0 cm³/mol. The summed E-state index contributed by atoms with van der Waals surface area (Å²) in [7, 11) is 0. The monoisotopic (exact) mass is 315 g/mol. The molecule has 1 aromatic carbocycles. The molecule has 1 aromatic heterocycles. The van der Waals surface area contributed by atoms with Gasteiger partial charge in [-0.2, -0.15) is 0 Å². The maximum atomic E-state index is 12.8. The number of nitrogens with zero attached hydrogens (tertiary/aromatic N) is 1. The van der Waals surface area contributed by atoms with Crippen LogP contribution < -0.4 is 4.90 Å². The first-order valence-electron chi connectivity index (χ1n) is 7.32. The van der Waals surface area contributed by atoms with E-state index in [0.717, 1.165) is 29.9 Å². The third kappa shape index (κ3) is 2.64. The van der Waals surface area contributed by atoms with Crippen LogP contribution in [0, 0.1) is 0 Å². The number of fused-ring (bicyclic) bond motifs is 1. The van der Waals surface area contributed by atoms with E-state index in [1.165, 1.54) is 11.6 Å². The Morgan fingerprint density at radius 3 is 2.64 bits per heavy atom. The number of hydrogen-bond donors (Lipinski definition) is 1. The summed E-state index contributed by atoms with van der Waals surface area (Å²) in [6, 6.07) is 11.1. The fraction of sp³-hybridized carbons (Fsp3) is 0.294. The highest BCUT2D eigenvalue weighted by molar-refractivity contribution is 7.16. The van der Waals surface area contributed by atoms with Gasteiger partial charge in [0.1, 0.15) is 4.88 Å². The van der Waals surface area contributed by atoms with E-state index in [1.807, 2.05) is 18.2 Å². The Balaban J connectivity index is 1.97. The summed E-state index contributed by atoms with van der Waals surface area (Å²) >= 11 is 1.03. The Morgan fingerprint density at radius 2 is 1.91 bits per heavy atom. The van der Waals surface area contributed by atoms with Crippen LogP contribution in [-0.2, 0) is 0 Å². The molecule has 114 valence electrons. The lowest BCUT2D eigenvalue weighted by Crippen LogP contribution is -2.31. The average Bonchev–Trinajstić information content (AvgIpc) is 2.95. The number of aromatic carboxylic acids is 1.